The fourth-order valence-electron chi connectivity index (χ4n) is 3.70. The van der Waals surface area contributed by atoms with Crippen molar-refractivity contribution in [1.29, 1.82) is 0 Å². The van der Waals surface area contributed by atoms with E-state index in [4.69, 9.17) is 4.74 Å². The molecule has 0 unspecified atom stereocenters. The predicted molar refractivity (Wildman–Crippen MR) is 110 cm³/mol. The van der Waals surface area contributed by atoms with E-state index in [1.54, 1.807) is 6.20 Å². The zero-order valence-corrected chi connectivity index (χ0v) is 16.0. The van der Waals surface area contributed by atoms with Crippen molar-refractivity contribution in [1.82, 2.24) is 24.6 Å². The van der Waals surface area contributed by atoms with Gasteiger partial charge in [-0.05, 0) is 19.2 Å². The Morgan fingerprint density at radius 2 is 1.75 bits per heavy atom. The Kier molecular flexibility index (Phi) is 4.09. The summed E-state index contributed by atoms with van der Waals surface area (Å²) in [6.07, 6.45) is 3.64. The van der Waals surface area contributed by atoms with Gasteiger partial charge in [-0.3, -0.25) is 4.68 Å². The Balaban J connectivity index is 1.46. The highest BCUT2D eigenvalue weighted by atomic mass is 16.5. The number of fused-ring (bicyclic) bond motifs is 3. The highest BCUT2D eigenvalue weighted by Crippen LogP contribution is 2.28. The van der Waals surface area contributed by atoms with Crippen LogP contribution in [0, 0.1) is 0 Å². The third-order valence-electron chi connectivity index (χ3n) is 5.32. The van der Waals surface area contributed by atoms with Gasteiger partial charge in [0.05, 0.1) is 11.7 Å². The summed E-state index contributed by atoms with van der Waals surface area (Å²) >= 11 is 0. The molecule has 0 radical (unpaired) electrons. The molecule has 3 heterocycles. The van der Waals surface area contributed by atoms with Crippen LogP contribution in [0.2, 0.25) is 0 Å². The topological polar surface area (TPSA) is 59.3 Å². The van der Waals surface area contributed by atoms with Crippen LogP contribution in [0.3, 0.4) is 0 Å². The molecule has 1 fully saturated rings. The van der Waals surface area contributed by atoms with Crippen molar-refractivity contribution < 1.29 is 4.74 Å². The number of hydrogen-bond donors (Lipinski definition) is 0. The zero-order chi connectivity index (χ0) is 19.1. The second kappa shape index (κ2) is 6.76. The van der Waals surface area contributed by atoms with E-state index in [0.717, 1.165) is 53.7 Å². The second-order valence-electron chi connectivity index (χ2n) is 7.25. The zero-order valence-electron chi connectivity index (χ0n) is 16.0. The molecule has 5 rings (SSSR count). The lowest BCUT2D eigenvalue weighted by Crippen LogP contribution is -2.44. The van der Waals surface area contributed by atoms with Gasteiger partial charge in [0.15, 0.2) is 0 Å². The Bertz CT molecular complexity index is 1150. The van der Waals surface area contributed by atoms with Gasteiger partial charge in [0.25, 0.3) is 0 Å². The highest BCUT2D eigenvalue weighted by molar-refractivity contribution is 6.02. The van der Waals surface area contributed by atoms with E-state index in [9.17, 15) is 0 Å². The van der Waals surface area contributed by atoms with E-state index in [-0.39, 0.29) is 0 Å². The van der Waals surface area contributed by atoms with Crippen molar-refractivity contribution in [2.45, 2.75) is 0 Å². The van der Waals surface area contributed by atoms with Crippen molar-refractivity contribution in [2.75, 3.05) is 38.1 Å². The van der Waals surface area contributed by atoms with Gasteiger partial charge in [0, 0.05) is 61.9 Å². The molecule has 4 aromatic rings. The van der Waals surface area contributed by atoms with Gasteiger partial charge >= 0.3 is 6.01 Å². The van der Waals surface area contributed by atoms with Crippen molar-refractivity contribution in [3.63, 3.8) is 0 Å². The quantitative estimate of drug-likeness (QED) is 0.549. The lowest BCUT2D eigenvalue weighted by atomic mass is 10.2. The Morgan fingerprint density at radius 1 is 0.929 bits per heavy atom. The van der Waals surface area contributed by atoms with E-state index in [2.05, 4.69) is 44.0 Å². The number of likely N-dealkylation sites (N-methyl/N-ethyl adjacent to an activating group) is 1. The van der Waals surface area contributed by atoms with Crippen LogP contribution < -0.4 is 9.64 Å². The average molecular weight is 374 g/mol. The van der Waals surface area contributed by atoms with Crippen LogP contribution in [0.15, 0.2) is 48.8 Å². The van der Waals surface area contributed by atoms with Crippen molar-refractivity contribution in [3.8, 4) is 11.8 Å². The lowest BCUT2D eigenvalue weighted by molar-refractivity contribution is 0.312. The molecule has 2 aromatic heterocycles. The van der Waals surface area contributed by atoms with Gasteiger partial charge in [-0.2, -0.15) is 10.1 Å². The predicted octanol–water partition coefficient (Wildman–Crippen LogP) is 3.06. The number of rotatable bonds is 3. The van der Waals surface area contributed by atoms with E-state index >= 15 is 0 Å². The first kappa shape index (κ1) is 16.9. The average Bonchev–Trinajstić information content (AvgIpc) is 3.10. The van der Waals surface area contributed by atoms with Gasteiger partial charge in [0.2, 0.25) is 0 Å². The number of aryl methyl sites for hydroxylation is 1. The molecule has 7 heteroatoms. The first-order valence-electron chi connectivity index (χ1n) is 9.46. The summed E-state index contributed by atoms with van der Waals surface area (Å²) in [7, 11) is 4.08. The minimum atomic E-state index is 0.344. The first-order valence-corrected chi connectivity index (χ1v) is 9.46. The normalized spacial score (nSPS) is 15.4. The Hall–Kier alpha value is -3.19. The van der Waals surface area contributed by atoms with Gasteiger partial charge in [-0.1, -0.05) is 18.2 Å². The van der Waals surface area contributed by atoms with Crippen LogP contribution in [0.1, 0.15) is 0 Å². The number of ether oxygens (including phenoxy) is 1. The Labute approximate surface area is 163 Å². The first-order chi connectivity index (χ1) is 13.7. The summed E-state index contributed by atoms with van der Waals surface area (Å²) in [5.41, 5.74) is 2.99. The molecule has 0 amide bonds. The van der Waals surface area contributed by atoms with Crippen molar-refractivity contribution in [3.05, 3.63) is 48.8 Å². The molecule has 0 spiro atoms. The molecular formula is C21H22N6O. The summed E-state index contributed by atoms with van der Waals surface area (Å²) in [6, 6.07) is 12.5. The third-order valence-corrected chi connectivity index (χ3v) is 5.32. The number of benzene rings is 2. The van der Waals surface area contributed by atoms with E-state index in [0.29, 0.717) is 6.01 Å². The number of piperazine rings is 1. The van der Waals surface area contributed by atoms with Gasteiger partial charge in [-0.15, -0.1) is 0 Å². The number of aromatic nitrogens is 4. The smallest absolute Gasteiger partial charge is 0.322 e. The van der Waals surface area contributed by atoms with Crippen LogP contribution in [-0.4, -0.2) is 57.9 Å². The molecule has 0 atom stereocenters. The van der Waals surface area contributed by atoms with Crippen LogP contribution in [0.5, 0.6) is 11.8 Å². The summed E-state index contributed by atoms with van der Waals surface area (Å²) in [5.74, 6) is 0.743. The molecule has 0 aliphatic carbocycles. The van der Waals surface area contributed by atoms with E-state index in [1.807, 2.05) is 42.2 Å². The molecule has 0 saturated carbocycles. The summed E-state index contributed by atoms with van der Waals surface area (Å²) in [4.78, 5) is 13.8. The molecule has 142 valence electrons. The monoisotopic (exact) mass is 374 g/mol. The highest BCUT2D eigenvalue weighted by Gasteiger charge is 2.15. The molecule has 0 bridgehead atoms. The standard InChI is InChI=1S/C21H22N6O/c1-25-8-10-27(11-9-25)17-4-3-5-18(12-17)28-21-22-13-15-6-7-16-14-23-26(2)20(16)19(15)24-21/h3-7,12-14H,8-11H2,1-2H3. The van der Waals surface area contributed by atoms with E-state index in [1.165, 1.54) is 5.69 Å². The fourth-order valence-corrected chi connectivity index (χ4v) is 3.70. The van der Waals surface area contributed by atoms with Crippen LogP contribution in [-0.2, 0) is 7.05 Å². The number of anilines is 1. The second-order valence-corrected chi connectivity index (χ2v) is 7.25. The van der Waals surface area contributed by atoms with E-state index < -0.39 is 0 Å². The van der Waals surface area contributed by atoms with Gasteiger partial charge in [-0.25, -0.2) is 4.98 Å². The third kappa shape index (κ3) is 3.03. The Morgan fingerprint density at radius 3 is 2.61 bits per heavy atom. The molecule has 2 aromatic carbocycles. The molecule has 0 N–H and O–H groups in total. The van der Waals surface area contributed by atoms with Crippen LogP contribution in [0.4, 0.5) is 5.69 Å². The fraction of sp³-hybridized carbons (Fsp3) is 0.286. The maximum Gasteiger partial charge on any atom is 0.322 e. The van der Waals surface area contributed by atoms with Gasteiger partial charge < -0.3 is 14.5 Å². The molecule has 1 aliphatic heterocycles. The molecule has 1 saturated heterocycles. The molecular weight excluding hydrogens is 352 g/mol. The summed E-state index contributed by atoms with van der Waals surface area (Å²) in [5, 5.41) is 6.35. The molecule has 1 aliphatic rings. The van der Waals surface area contributed by atoms with Crippen molar-refractivity contribution >= 4 is 27.5 Å². The summed E-state index contributed by atoms with van der Waals surface area (Å²) in [6.45, 7) is 4.18. The van der Waals surface area contributed by atoms with Crippen LogP contribution in [0.25, 0.3) is 21.8 Å². The van der Waals surface area contributed by atoms with Crippen LogP contribution >= 0.6 is 0 Å². The largest absolute Gasteiger partial charge is 0.424 e. The molecule has 7 nitrogen and oxygen atoms in total. The maximum absolute atomic E-state index is 6.02. The minimum absolute atomic E-state index is 0.344. The SMILES string of the molecule is CN1CCN(c2cccc(Oc3ncc4ccc5cnn(C)c5c4n3)c2)CC1. The van der Waals surface area contributed by atoms with Gasteiger partial charge in [0.1, 0.15) is 11.3 Å². The maximum atomic E-state index is 6.02. The minimum Gasteiger partial charge on any atom is -0.424 e. The number of nitrogens with zero attached hydrogens (tertiary/aromatic N) is 6. The number of hydrogen-bond acceptors (Lipinski definition) is 6. The summed E-state index contributed by atoms with van der Waals surface area (Å²) < 4.78 is 7.85. The molecule has 28 heavy (non-hydrogen) atoms. The lowest BCUT2D eigenvalue weighted by Gasteiger charge is -2.34. The van der Waals surface area contributed by atoms with Crippen molar-refractivity contribution in [2.24, 2.45) is 7.05 Å².